The van der Waals surface area contributed by atoms with Gasteiger partial charge in [-0.25, -0.2) is 4.79 Å². The molecule has 7 nitrogen and oxygen atoms in total. The summed E-state index contributed by atoms with van der Waals surface area (Å²) in [6.07, 6.45) is -1.34. The molecule has 1 aromatic rings. The molecule has 1 aromatic carbocycles. The first-order valence-electron chi connectivity index (χ1n) is 7.75. The molecule has 0 aliphatic carbocycles. The van der Waals surface area contributed by atoms with Crippen molar-refractivity contribution >= 4 is 18.0 Å². The van der Waals surface area contributed by atoms with Gasteiger partial charge in [0.1, 0.15) is 12.7 Å². The van der Waals surface area contributed by atoms with Crippen LogP contribution in [0.25, 0.3) is 0 Å². The van der Waals surface area contributed by atoms with E-state index in [2.05, 4.69) is 0 Å². The highest BCUT2D eigenvalue weighted by Crippen LogP contribution is 2.19. The van der Waals surface area contributed by atoms with Crippen LogP contribution in [-0.4, -0.2) is 48.2 Å². The van der Waals surface area contributed by atoms with Crippen molar-refractivity contribution in [2.24, 2.45) is 0 Å². The van der Waals surface area contributed by atoms with E-state index in [0.717, 1.165) is 5.56 Å². The standard InChI is InChI=1S/C17H21NO6/c1-12(19)23-15-8-9-18(10-16(15)24-13(2)20)17(21)22-11-14-6-4-3-5-7-14/h3-7,15-16H,8-11H2,1-2H3/t15-,16-/m0/s1. The summed E-state index contributed by atoms with van der Waals surface area (Å²) in [4.78, 5) is 36.0. The van der Waals surface area contributed by atoms with Crippen molar-refractivity contribution in [3.8, 4) is 0 Å². The fourth-order valence-corrected chi connectivity index (χ4v) is 2.55. The zero-order valence-electron chi connectivity index (χ0n) is 13.8. The monoisotopic (exact) mass is 335 g/mol. The fraction of sp³-hybridized carbons (Fsp3) is 0.471. The highest BCUT2D eigenvalue weighted by atomic mass is 16.6. The number of esters is 2. The summed E-state index contributed by atoms with van der Waals surface area (Å²) in [6.45, 7) is 3.24. The molecule has 1 aliphatic rings. The van der Waals surface area contributed by atoms with Crippen molar-refractivity contribution in [2.45, 2.75) is 39.1 Å². The van der Waals surface area contributed by atoms with Gasteiger partial charge in [0.25, 0.3) is 0 Å². The maximum atomic E-state index is 12.2. The number of nitrogens with zero attached hydrogens (tertiary/aromatic N) is 1. The van der Waals surface area contributed by atoms with Crippen molar-refractivity contribution in [1.82, 2.24) is 4.90 Å². The van der Waals surface area contributed by atoms with Crippen LogP contribution >= 0.6 is 0 Å². The molecule has 1 aliphatic heterocycles. The molecular weight excluding hydrogens is 314 g/mol. The lowest BCUT2D eigenvalue weighted by Crippen LogP contribution is -2.52. The zero-order chi connectivity index (χ0) is 17.5. The molecule has 0 aromatic heterocycles. The van der Waals surface area contributed by atoms with Crippen LogP contribution in [-0.2, 0) is 30.4 Å². The lowest BCUT2D eigenvalue weighted by Gasteiger charge is -2.36. The first-order valence-corrected chi connectivity index (χ1v) is 7.75. The Bertz CT molecular complexity index is 588. The topological polar surface area (TPSA) is 82.1 Å². The van der Waals surface area contributed by atoms with Gasteiger partial charge < -0.3 is 19.1 Å². The second-order valence-electron chi connectivity index (χ2n) is 5.57. The Morgan fingerprint density at radius 1 is 1.04 bits per heavy atom. The van der Waals surface area contributed by atoms with Crippen LogP contribution in [0.1, 0.15) is 25.8 Å². The highest BCUT2D eigenvalue weighted by Gasteiger charge is 2.36. The molecule has 0 bridgehead atoms. The summed E-state index contributed by atoms with van der Waals surface area (Å²) >= 11 is 0. The predicted octanol–water partition coefficient (Wildman–Crippen LogP) is 1.89. The number of rotatable bonds is 4. The Morgan fingerprint density at radius 3 is 2.29 bits per heavy atom. The Balaban J connectivity index is 1.92. The summed E-state index contributed by atoms with van der Waals surface area (Å²) in [5.74, 6) is -0.936. The maximum absolute atomic E-state index is 12.2. The second kappa shape index (κ2) is 8.33. The number of carbonyl (C=O) groups is 3. The van der Waals surface area contributed by atoms with Crippen molar-refractivity contribution in [1.29, 1.82) is 0 Å². The van der Waals surface area contributed by atoms with Crippen molar-refractivity contribution in [3.63, 3.8) is 0 Å². The van der Waals surface area contributed by atoms with Crippen molar-refractivity contribution < 1.29 is 28.6 Å². The van der Waals surface area contributed by atoms with E-state index < -0.39 is 30.2 Å². The van der Waals surface area contributed by atoms with E-state index in [9.17, 15) is 14.4 Å². The van der Waals surface area contributed by atoms with E-state index in [0.29, 0.717) is 13.0 Å². The quantitative estimate of drug-likeness (QED) is 0.617. The molecule has 0 radical (unpaired) electrons. The van der Waals surface area contributed by atoms with Gasteiger partial charge in [0.15, 0.2) is 6.10 Å². The number of piperidine rings is 1. The molecule has 0 saturated carbocycles. The van der Waals surface area contributed by atoms with Gasteiger partial charge in [0.2, 0.25) is 0 Å². The Morgan fingerprint density at radius 2 is 1.67 bits per heavy atom. The Hall–Kier alpha value is -2.57. The zero-order valence-corrected chi connectivity index (χ0v) is 13.8. The Kier molecular flexibility index (Phi) is 6.17. The number of hydrogen-bond donors (Lipinski definition) is 0. The van der Waals surface area contributed by atoms with Crippen LogP contribution in [0.4, 0.5) is 4.79 Å². The van der Waals surface area contributed by atoms with Crippen molar-refractivity contribution in [2.75, 3.05) is 13.1 Å². The van der Waals surface area contributed by atoms with E-state index in [4.69, 9.17) is 14.2 Å². The maximum Gasteiger partial charge on any atom is 0.410 e. The van der Waals surface area contributed by atoms with Crippen LogP contribution in [0.2, 0.25) is 0 Å². The summed E-state index contributed by atoms with van der Waals surface area (Å²) in [5.41, 5.74) is 0.886. The Labute approximate surface area is 140 Å². The SMILES string of the molecule is CC(=O)O[C@H]1CCN(C(=O)OCc2ccccc2)C[C@@H]1OC(C)=O. The van der Waals surface area contributed by atoms with E-state index in [1.54, 1.807) is 0 Å². The molecule has 130 valence electrons. The number of benzene rings is 1. The number of hydrogen-bond acceptors (Lipinski definition) is 6. The minimum Gasteiger partial charge on any atom is -0.458 e. The van der Waals surface area contributed by atoms with Gasteiger partial charge in [-0.1, -0.05) is 30.3 Å². The molecule has 0 N–H and O–H groups in total. The molecule has 1 fully saturated rings. The van der Waals surface area contributed by atoms with Gasteiger partial charge in [-0.05, 0) is 5.56 Å². The van der Waals surface area contributed by atoms with Gasteiger partial charge >= 0.3 is 18.0 Å². The fourth-order valence-electron chi connectivity index (χ4n) is 2.55. The second-order valence-corrected chi connectivity index (χ2v) is 5.57. The lowest BCUT2D eigenvalue weighted by molar-refractivity contribution is -0.170. The lowest BCUT2D eigenvalue weighted by atomic mass is 10.0. The van der Waals surface area contributed by atoms with E-state index in [-0.39, 0.29) is 13.2 Å². The van der Waals surface area contributed by atoms with Crippen LogP contribution in [0.5, 0.6) is 0 Å². The van der Waals surface area contributed by atoms with E-state index in [1.165, 1.54) is 18.7 Å². The predicted molar refractivity (Wildman–Crippen MR) is 83.9 cm³/mol. The van der Waals surface area contributed by atoms with Crippen LogP contribution in [0, 0.1) is 0 Å². The van der Waals surface area contributed by atoms with Gasteiger partial charge in [-0.15, -0.1) is 0 Å². The summed E-state index contributed by atoms with van der Waals surface area (Å²) in [5, 5.41) is 0. The van der Waals surface area contributed by atoms with Gasteiger partial charge in [0.05, 0.1) is 6.54 Å². The van der Waals surface area contributed by atoms with E-state index >= 15 is 0 Å². The number of carbonyl (C=O) groups excluding carboxylic acids is 3. The van der Waals surface area contributed by atoms with Gasteiger partial charge in [-0.3, -0.25) is 9.59 Å². The van der Waals surface area contributed by atoms with Crippen LogP contribution in [0.15, 0.2) is 30.3 Å². The molecule has 24 heavy (non-hydrogen) atoms. The van der Waals surface area contributed by atoms with Crippen LogP contribution in [0.3, 0.4) is 0 Å². The summed E-state index contributed by atoms with van der Waals surface area (Å²) in [7, 11) is 0. The van der Waals surface area contributed by atoms with Crippen LogP contribution < -0.4 is 0 Å². The minimum absolute atomic E-state index is 0.130. The largest absolute Gasteiger partial charge is 0.458 e. The van der Waals surface area contributed by atoms with E-state index in [1.807, 2.05) is 30.3 Å². The number of likely N-dealkylation sites (tertiary alicyclic amines) is 1. The average molecular weight is 335 g/mol. The van der Waals surface area contributed by atoms with Crippen molar-refractivity contribution in [3.05, 3.63) is 35.9 Å². The molecule has 1 heterocycles. The molecule has 0 spiro atoms. The first-order chi connectivity index (χ1) is 11.5. The van der Waals surface area contributed by atoms with Gasteiger partial charge in [-0.2, -0.15) is 0 Å². The molecule has 2 atom stereocenters. The minimum atomic E-state index is -0.690. The first kappa shape index (κ1) is 17.8. The third kappa shape index (κ3) is 5.26. The molecule has 2 rings (SSSR count). The third-order valence-corrected chi connectivity index (χ3v) is 3.60. The normalized spacial score (nSPS) is 20.2. The highest BCUT2D eigenvalue weighted by molar-refractivity contribution is 5.69. The summed E-state index contributed by atoms with van der Waals surface area (Å²) in [6, 6.07) is 9.34. The molecular formula is C17H21NO6. The van der Waals surface area contributed by atoms with Gasteiger partial charge in [0, 0.05) is 26.8 Å². The number of amides is 1. The molecule has 7 heteroatoms. The smallest absolute Gasteiger partial charge is 0.410 e. The third-order valence-electron chi connectivity index (χ3n) is 3.60. The number of ether oxygens (including phenoxy) is 3. The molecule has 1 saturated heterocycles. The molecule has 1 amide bonds. The summed E-state index contributed by atoms with van der Waals surface area (Å²) < 4.78 is 15.6. The molecule has 0 unspecified atom stereocenters. The average Bonchev–Trinajstić information content (AvgIpc) is 2.54.